The average Bonchev–Trinajstić information content (AvgIpc) is 3.05. The SMILES string of the molecule is CCNC(=NCc1ncc(C(C)(C)C)o1)NCC(O)c1cc(Cl)cc(Cl)c1.I. The van der Waals surface area contributed by atoms with Gasteiger partial charge < -0.3 is 20.2 Å². The van der Waals surface area contributed by atoms with Crippen molar-refractivity contribution in [1.29, 1.82) is 0 Å². The Hall–Kier alpha value is -1.03. The molecule has 0 fully saturated rings. The van der Waals surface area contributed by atoms with E-state index in [1.54, 1.807) is 24.4 Å². The van der Waals surface area contributed by atoms with Gasteiger partial charge in [0.15, 0.2) is 5.96 Å². The van der Waals surface area contributed by atoms with Gasteiger partial charge in [0.25, 0.3) is 0 Å². The van der Waals surface area contributed by atoms with E-state index in [2.05, 4.69) is 41.4 Å². The van der Waals surface area contributed by atoms with Gasteiger partial charge in [-0.1, -0.05) is 44.0 Å². The number of aliphatic hydroxyl groups excluding tert-OH is 1. The molecule has 0 aliphatic carbocycles. The van der Waals surface area contributed by atoms with Gasteiger partial charge in [-0.15, -0.1) is 24.0 Å². The van der Waals surface area contributed by atoms with Gasteiger partial charge >= 0.3 is 0 Å². The van der Waals surface area contributed by atoms with Gasteiger partial charge in [0.2, 0.25) is 5.89 Å². The quantitative estimate of drug-likeness (QED) is 0.281. The summed E-state index contributed by atoms with van der Waals surface area (Å²) in [7, 11) is 0. The Morgan fingerprint density at radius 3 is 2.39 bits per heavy atom. The first kappa shape index (κ1) is 25.0. The van der Waals surface area contributed by atoms with E-state index in [0.29, 0.717) is 40.5 Å². The number of aliphatic hydroxyl groups is 1. The van der Waals surface area contributed by atoms with Crippen LogP contribution in [0.25, 0.3) is 0 Å². The minimum Gasteiger partial charge on any atom is -0.443 e. The lowest BCUT2D eigenvalue weighted by atomic mass is 9.94. The van der Waals surface area contributed by atoms with E-state index in [1.807, 2.05) is 6.92 Å². The molecule has 1 atom stereocenters. The molecule has 6 nitrogen and oxygen atoms in total. The Morgan fingerprint density at radius 1 is 1.21 bits per heavy atom. The Morgan fingerprint density at radius 2 is 1.86 bits per heavy atom. The van der Waals surface area contributed by atoms with Crippen molar-refractivity contribution in [2.75, 3.05) is 13.1 Å². The van der Waals surface area contributed by atoms with Gasteiger partial charge in [-0.2, -0.15) is 0 Å². The van der Waals surface area contributed by atoms with E-state index in [9.17, 15) is 5.11 Å². The summed E-state index contributed by atoms with van der Waals surface area (Å²) in [5.74, 6) is 1.92. The monoisotopic (exact) mass is 540 g/mol. The summed E-state index contributed by atoms with van der Waals surface area (Å²) in [6.45, 7) is 9.39. The molecule has 2 aromatic rings. The maximum Gasteiger partial charge on any atom is 0.216 e. The second kappa shape index (κ2) is 11.2. The molecule has 1 aromatic heterocycles. The lowest BCUT2D eigenvalue weighted by Crippen LogP contribution is -2.39. The summed E-state index contributed by atoms with van der Waals surface area (Å²) in [6, 6.07) is 5.00. The summed E-state index contributed by atoms with van der Waals surface area (Å²) >= 11 is 12.0. The van der Waals surface area contributed by atoms with Crippen molar-refractivity contribution in [3.05, 3.63) is 51.7 Å². The van der Waals surface area contributed by atoms with Crippen molar-refractivity contribution in [3.8, 4) is 0 Å². The lowest BCUT2D eigenvalue weighted by Gasteiger charge is -2.16. The third-order valence-electron chi connectivity index (χ3n) is 3.74. The highest BCUT2D eigenvalue weighted by Gasteiger charge is 2.19. The van der Waals surface area contributed by atoms with E-state index >= 15 is 0 Å². The van der Waals surface area contributed by atoms with Crippen LogP contribution in [0, 0.1) is 0 Å². The zero-order chi connectivity index (χ0) is 20.0. The molecule has 0 radical (unpaired) electrons. The van der Waals surface area contributed by atoms with Crippen LogP contribution in [0.15, 0.2) is 33.8 Å². The molecule has 0 saturated carbocycles. The average molecular weight is 541 g/mol. The van der Waals surface area contributed by atoms with E-state index in [4.69, 9.17) is 27.6 Å². The van der Waals surface area contributed by atoms with Gasteiger partial charge in [-0.3, -0.25) is 0 Å². The minimum absolute atomic E-state index is 0. The predicted molar refractivity (Wildman–Crippen MR) is 125 cm³/mol. The van der Waals surface area contributed by atoms with E-state index in [1.165, 1.54) is 0 Å². The summed E-state index contributed by atoms with van der Waals surface area (Å²) in [5.41, 5.74) is 0.540. The summed E-state index contributed by atoms with van der Waals surface area (Å²) in [6.07, 6.45) is 0.956. The fourth-order valence-electron chi connectivity index (χ4n) is 2.30. The van der Waals surface area contributed by atoms with Crippen LogP contribution in [-0.2, 0) is 12.0 Å². The minimum atomic E-state index is -0.778. The summed E-state index contributed by atoms with van der Waals surface area (Å²) in [4.78, 5) is 8.72. The number of rotatable bonds is 6. The lowest BCUT2D eigenvalue weighted by molar-refractivity contribution is 0.181. The first-order valence-corrected chi connectivity index (χ1v) is 9.56. The van der Waals surface area contributed by atoms with Crippen molar-refractivity contribution in [1.82, 2.24) is 15.6 Å². The van der Waals surface area contributed by atoms with Crippen LogP contribution in [0.3, 0.4) is 0 Å². The molecule has 156 valence electrons. The highest BCUT2D eigenvalue weighted by molar-refractivity contribution is 14.0. The Balaban J connectivity index is 0.00000392. The van der Waals surface area contributed by atoms with Crippen molar-refractivity contribution < 1.29 is 9.52 Å². The molecule has 0 saturated heterocycles. The van der Waals surface area contributed by atoms with Crippen LogP contribution >= 0.6 is 47.2 Å². The standard InChI is InChI=1S/C19H26Cl2N4O2.HI/c1-5-22-18(25-11-17-23-10-16(27-17)19(2,3)4)24-9-15(26)12-6-13(20)8-14(21)7-12;/h6-8,10,15,26H,5,9,11H2,1-4H3,(H2,22,24,25);1H. The molecular formula is C19H27Cl2IN4O2. The highest BCUT2D eigenvalue weighted by atomic mass is 127. The van der Waals surface area contributed by atoms with Crippen LogP contribution < -0.4 is 10.6 Å². The smallest absolute Gasteiger partial charge is 0.216 e. The largest absolute Gasteiger partial charge is 0.443 e. The molecular weight excluding hydrogens is 514 g/mol. The molecule has 28 heavy (non-hydrogen) atoms. The van der Waals surface area contributed by atoms with Crippen molar-refractivity contribution >= 4 is 53.1 Å². The second-order valence-corrected chi connectivity index (χ2v) is 8.04. The number of nitrogens with one attached hydrogen (secondary N) is 2. The van der Waals surface area contributed by atoms with Gasteiger partial charge in [-0.25, -0.2) is 9.98 Å². The predicted octanol–water partition coefficient (Wildman–Crippen LogP) is 4.69. The van der Waals surface area contributed by atoms with Crippen molar-refractivity contribution in [3.63, 3.8) is 0 Å². The molecule has 2 rings (SSSR count). The molecule has 3 N–H and O–H groups in total. The zero-order valence-corrected chi connectivity index (χ0v) is 20.3. The molecule has 1 heterocycles. The van der Waals surface area contributed by atoms with Crippen molar-refractivity contribution in [2.45, 2.75) is 45.8 Å². The number of aliphatic imine (C=N–C) groups is 1. The maximum atomic E-state index is 10.4. The van der Waals surface area contributed by atoms with Gasteiger partial charge in [0, 0.05) is 28.5 Å². The number of hydrogen-bond donors (Lipinski definition) is 3. The molecule has 0 aliphatic rings. The van der Waals surface area contributed by atoms with E-state index < -0.39 is 6.10 Å². The fourth-order valence-corrected chi connectivity index (χ4v) is 2.84. The Kier molecular flexibility index (Phi) is 10.0. The zero-order valence-electron chi connectivity index (χ0n) is 16.4. The van der Waals surface area contributed by atoms with E-state index in [0.717, 1.165) is 5.76 Å². The summed E-state index contributed by atoms with van der Waals surface area (Å²) in [5, 5.41) is 17.6. The van der Waals surface area contributed by atoms with Crippen molar-refractivity contribution in [2.24, 2.45) is 4.99 Å². The first-order chi connectivity index (χ1) is 12.7. The van der Waals surface area contributed by atoms with Crippen LogP contribution in [0.5, 0.6) is 0 Å². The highest BCUT2D eigenvalue weighted by Crippen LogP contribution is 2.24. The molecule has 1 unspecified atom stereocenters. The number of guanidine groups is 1. The topological polar surface area (TPSA) is 82.7 Å². The molecule has 9 heteroatoms. The maximum absolute atomic E-state index is 10.4. The molecule has 0 aliphatic heterocycles. The van der Waals surface area contributed by atoms with E-state index in [-0.39, 0.29) is 35.9 Å². The molecule has 0 bridgehead atoms. The third-order valence-corrected chi connectivity index (χ3v) is 4.18. The van der Waals surface area contributed by atoms with Gasteiger partial charge in [0.1, 0.15) is 12.3 Å². The first-order valence-electron chi connectivity index (χ1n) is 8.80. The third kappa shape index (κ3) is 7.77. The van der Waals surface area contributed by atoms with Crippen LogP contribution in [-0.4, -0.2) is 29.1 Å². The molecule has 1 aromatic carbocycles. The number of hydrogen-bond acceptors (Lipinski definition) is 4. The number of benzene rings is 1. The number of aromatic nitrogens is 1. The normalized spacial score (nSPS) is 13.0. The Bertz CT molecular complexity index is 770. The number of nitrogens with zero attached hydrogens (tertiary/aromatic N) is 2. The fraction of sp³-hybridized carbons (Fsp3) is 0.474. The number of oxazole rings is 1. The molecule has 0 spiro atoms. The van der Waals surface area contributed by atoms with Crippen LogP contribution in [0.4, 0.5) is 0 Å². The number of halogens is 3. The summed E-state index contributed by atoms with van der Waals surface area (Å²) < 4.78 is 5.75. The van der Waals surface area contributed by atoms with Gasteiger partial charge in [0.05, 0.1) is 12.3 Å². The van der Waals surface area contributed by atoms with Crippen LogP contribution in [0.2, 0.25) is 10.0 Å². The Labute approximate surface area is 193 Å². The van der Waals surface area contributed by atoms with Crippen LogP contribution in [0.1, 0.15) is 51.0 Å². The molecule has 0 amide bonds. The second-order valence-electron chi connectivity index (χ2n) is 7.16. The van der Waals surface area contributed by atoms with Gasteiger partial charge in [-0.05, 0) is 30.7 Å².